The Bertz CT molecular complexity index is 495. The summed E-state index contributed by atoms with van der Waals surface area (Å²) < 4.78 is 0. The molecule has 0 saturated carbocycles. The van der Waals surface area contributed by atoms with E-state index in [-0.39, 0.29) is 0 Å². The Hall–Kier alpha value is -1.01. The van der Waals surface area contributed by atoms with Crippen LogP contribution in [-0.2, 0) is 0 Å². The second-order valence-electron chi connectivity index (χ2n) is 5.92. The predicted molar refractivity (Wildman–Crippen MR) is 89.4 cm³/mol. The number of hydrogen-bond acceptors (Lipinski definition) is 6. The van der Waals surface area contributed by atoms with Crippen molar-refractivity contribution < 1.29 is 0 Å². The van der Waals surface area contributed by atoms with Crippen LogP contribution < -0.4 is 10.2 Å². The number of hydrogen-bond donors (Lipinski definition) is 1. The lowest BCUT2D eigenvalue weighted by atomic mass is 10.1. The normalized spacial score (nSPS) is 26.0. The van der Waals surface area contributed by atoms with Crippen LogP contribution in [0.25, 0.3) is 0 Å². The zero-order chi connectivity index (χ0) is 14.8. The maximum atomic E-state index is 4.74. The van der Waals surface area contributed by atoms with Gasteiger partial charge >= 0.3 is 0 Å². The predicted octanol–water partition coefficient (Wildman–Crippen LogP) is 2.30. The first kappa shape index (κ1) is 14.9. The van der Waals surface area contributed by atoms with Crippen LogP contribution in [0.1, 0.15) is 26.7 Å². The molecule has 0 aliphatic carbocycles. The first-order valence-corrected chi connectivity index (χ1v) is 9.11. The summed E-state index contributed by atoms with van der Waals surface area (Å²) in [6, 6.07) is 3.32. The molecule has 0 amide bonds. The first-order chi connectivity index (χ1) is 10.2. The fraction of sp³-hybridized carbons (Fsp3) is 0.733. The van der Waals surface area contributed by atoms with Crippen molar-refractivity contribution in [2.24, 2.45) is 0 Å². The third kappa shape index (κ3) is 3.11. The van der Waals surface area contributed by atoms with Crippen molar-refractivity contribution in [3.05, 3.63) is 6.07 Å². The molecule has 0 spiro atoms. The lowest BCUT2D eigenvalue weighted by Gasteiger charge is -2.43. The molecule has 6 heteroatoms. The minimum Gasteiger partial charge on any atom is -0.370 e. The lowest BCUT2D eigenvalue weighted by Crippen LogP contribution is -2.55. The van der Waals surface area contributed by atoms with Crippen molar-refractivity contribution in [2.45, 2.75) is 43.9 Å². The van der Waals surface area contributed by atoms with Gasteiger partial charge in [0.2, 0.25) is 0 Å². The van der Waals surface area contributed by atoms with Crippen LogP contribution in [0.2, 0.25) is 0 Å². The van der Waals surface area contributed by atoms with E-state index in [9.17, 15) is 0 Å². The zero-order valence-corrected chi connectivity index (χ0v) is 14.0. The Kier molecular flexibility index (Phi) is 4.54. The van der Waals surface area contributed by atoms with Crippen molar-refractivity contribution in [2.75, 3.05) is 42.7 Å². The summed E-state index contributed by atoms with van der Waals surface area (Å²) in [5.41, 5.74) is 0. The molecular formula is C15H25N5S. The first-order valence-electron chi connectivity index (χ1n) is 7.89. The number of aromatic nitrogens is 2. The van der Waals surface area contributed by atoms with E-state index in [1.165, 1.54) is 19.4 Å². The largest absolute Gasteiger partial charge is 0.370 e. The van der Waals surface area contributed by atoms with Crippen molar-refractivity contribution in [3.8, 4) is 0 Å². The standard InChI is InChI=1S/C15H25N5S/c1-4-16-13-8-14(18-15(17-13)21-3)20-10-12-6-5-7-19(12)9-11(20)2/h8,11-12H,4-7,9-10H2,1-3H3,(H,16,17,18). The van der Waals surface area contributed by atoms with Crippen LogP contribution in [0.4, 0.5) is 11.6 Å². The van der Waals surface area contributed by atoms with Gasteiger partial charge in [-0.1, -0.05) is 11.8 Å². The molecule has 2 saturated heterocycles. The molecule has 1 N–H and O–H groups in total. The monoisotopic (exact) mass is 307 g/mol. The maximum absolute atomic E-state index is 4.74. The maximum Gasteiger partial charge on any atom is 0.191 e. The molecule has 2 fully saturated rings. The highest BCUT2D eigenvalue weighted by molar-refractivity contribution is 7.98. The van der Waals surface area contributed by atoms with Gasteiger partial charge in [-0.3, -0.25) is 4.90 Å². The van der Waals surface area contributed by atoms with E-state index in [0.29, 0.717) is 12.1 Å². The second kappa shape index (κ2) is 6.40. The van der Waals surface area contributed by atoms with Gasteiger partial charge in [0.25, 0.3) is 0 Å². The van der Waals surface area contributed by atoms with Gasteiger partial charge in [0.05, 0.1) is 0 Å². The van der Waals surface area contributed by atoms with E-state index in [1.807, 2.05) is 6.26 Å². The number of thioether (sulfide) groups is 1. The van der Waals surface area contributed by atoms with E-state index < -0.39 is 0 Å². The van der Waals surface area contributed by atoms with Gasteiger partial charge in [0, 0.05) is 37.8 Å². The third-order valence-corrected chi connectivity index (χ3v) is 5.01. The van der Waals surface area contributed by atoms with E-state index >= 15 is 0 Å². The third-order valence-electron chi connectivity index (χ3n) is 4.46. The van der Waals surface area contributed by atoms with Crippen LogP contribution in [0, 0.1) is 0 Å². The molecule has 0 bridgehead atoms. The van der Waals surface area contributed by atoms with Crippen molar-refractivity contribution in [3.63, 3.8) is 0 Å². The quantitative estimate of drug-likeness (QED) is 0.680. The molecule has 21 heavy (non-hydrogen) atoms. The van der Waals surface area contributed by atoms with Gasteiger partial charge in [-0.2, -0.15) is 0 Å². The molecule has 3 rings (SSSR count). The summed E-state index contributed by atoms with van der Waals surface area (Å²) in [4.78, 5) is 14.4. The van der Waals surface area contributed by atoms with Gasteiger partial charge in [-0.05, 0) is 39.5 Å². The van der Waals surface area contributed by atoms with Crippen LogP contribution in [0.15, 0.2) is 11.2 Å². The summed E-state index contributed by atoms with van der Waals surface area (Å²) in [5, 5.41) is 4.17. The molecule has 2 unspecified atom stereocenters. The molecule has 5 nitrogen and oxygen atoms in total. The Labute approximate surface area is 131 Å². The van der Waals surface area contributed by atoms with Crippen LogP contribution in [0.5, 0.6) is 0 Å². The lowest BCUT2D eigenvalue weighted by molar-refractivity contribution is 0.202. The number of piperazine rings is 1. The van der Waals surface area contributed by atoms with E-state index in [4.69, 9.17) is 4.98 Å². The summed E-state index contributed by atoms with van der Waals surface area (Å²) in [5.74, 6) is 2.01. The average molecular weight is 307 g/mol. The Morgan fingerprint density at radius 1 is 1.38 bits per heavy atom. The molecule has 3 heterocycles. The van der Waals surface area contributed by atoms with Crippen LogP contribution in [0.3, 0.4) is 0 Å². The molecule has 0 radical (unpaired) electrons. The molecule has 2 atom stereocenters. The Balaban J connectivity index is 1.85. The molecular weight excluding hydrogens is 282 g/mol. The number of anilines is 2. The van der Waals surface area contributed by atoms with Crippen molar-refractivity contribution in [1.29, 1.82) is 0 Å². The summed E-state index contributed by atoms with van der Waals surface area (Å²) in [7, 11) is 0. The zero-order valence-electron chi connectivity index (χ0n) is 13.2. The van der Waals surface area contributed by atoms with Crippen LogP contribution in [-0.4, -0.2) is 59.4 Å². The average Bonchev–Trinajstić information content (AvgIpc) is 2.93. The van der Waals surface area contributed by atoms with Gasteiger partial charge in [0.15, 0.2) is 5.16 Å². The highest BCUT2D eigenvalue weighted by Crippen LogP contribution is 2.29. The molecule has 0 aromatic carbocycles. The molecule has 1 aromatic rings. The Morgan fingerprint density at radius 2 is 2.24 bits per heavy atom. The fourth-order valence-electron chi connectivity index (χ4n) is 3.43. The van der Waals surface area contributed by atoms with E-state index in [2.05, 4.69) is 40.0 Å². The minimum atomic E-state index is 0.512. The Morgan fingerprint density at radius 3 is 3.00 bits per heavy atom. The van der Waals surface area contributed by atoms with Gasteiger partial charge < -0.3 is 10.2 Å². The SMILES string of the molecule is CCNc1cc(N2CC3CCCN3CC2C)nc(SC)n1. The highest BCUT2D eigenvalue weighted by Gasteiger charge is 2.35. The minimum absolute atomic E-state index is 0.512. The summed E-state index contributed by atoms with van der Waals surface area (Å²) >= 11 is 1.61. The number of fused-ring (bicyclic) bond motifs is 1. The number of nitrogens with zero attached hydrogens (tertiary/aromatic N) is 4. The van der Waals surface area contributed by atoms with Crippen molar-refractivity contribution in [1.82, 2.24) is 14.9 Å². The van der Waals surface area contributed by atoms with E-state index in [1.54, 1.807) is 11.8 Å². The topological polar surface area (TPSA) is 44.3 Å². The molecule has 116 valence electrons. The van der Waals surface area contributed by atoms with Crippen LogP contribution >= 0.6 is 11.8 Å². The summed E-state index contributed by atoms with van der Waals surface area (Å²) in [6.07, 6.45) is 4.70. The smallest absolute Gasteiger partial charge is 0.191 e. The highest BCUT2D eigenvalue weighted by atomic mass is 32.2. The van der Waals surface area contributed by atoms with Gasteiger partial charge in [0.1, 0.15) is 11.6 Å². The molecule has 1 aromatic heterocycles. The molecule has 2 aliphatic rings. The van der Waals surface area contributed by atoms with Crippen molar-refractivity contribution >= 4 is 23.4 Å². The second-order valence-corrected chi connectivity index (χ2v) is 6.69. The molecule has 2 aliphatic heterocycles. The number of nitrogens with one attached hydrogen (secondary N) is 1. The number of rotatable bonds is 4. The van der Waals surface area contributed by atoms with E-state index in [0.717, 1.165) is 36.4 Å². The van der Waals surface area contributed by atoms with Gasteiger partial charge in [-0.15, -0.1) is 0 Å². The van der Waals surface area contributed by atoms with Gasteiger partial charge in [-0.25, -0.2) is 9.97 Å². The summed E-state index contributed by atoms with van der Waals surface area (Å²) in [6.45, 7) is 8.81. The fourth-order valence-corrected chi connectivity index (χ4v) is 3.80.